The Morgan fingerprint density at radius 1 is 1.53 bits per heavy atom. The Balaban J connectivity index is 1.61. The third kappa shape index (κ3) is 4.28. The van der Waals surface area contributed by atoms with E-state index in [0.717, 1.165) is 18.3 Å². The van der Waals surface area contributed by atoms with Crippen molar-refractivity contribution in [3.63, 3.8) is 0 Å². The lowest BCUT2D eigenvalue weighted by Gasteiger charge is -2.30. The quantitative estimate of drug-likeness (QED) is 0.828. The van der Waals surface area contributed by atoms with E-state index in [4.69, 9.17) is 0 Å². The number of rotatable bonds is 5. The van der Waals surface area contributed by atoms with Crippen LogP contribution in [0.5, 0.6) is 0 Å². The van der Waals surface area contributed by atoms with Gasteiger partial charge in [-0.1, -0.05) is 6.92 Å². The second-order valence-electron chi connectivity index (χ2n) is 4.69. The minimum Gasteiger partial charge on any atom is -0.311 e. The number of hydrogen-bond donors (Lipinski definition) is 1. The van der Waals surface area contributed by atoms with E-state index in [-0.39, 0.29) is 0 Å². The van der Waals surface area contributed by atoms with Crippen LogP contribution in [0.4, 0.5) is 0 Å². The van der Waals surface area contributed by atoms with E-state index in [9.17, 15) is 0 Å². The molecule has 2 rings (SSSR count). The molecule has 1 atom stereocenters. The van der Waals surface area contributed by atoms with Crippen molar-refractivity contribution in [3.05, 3.63) is 21.9 Å². The van der Waals surface area contributed by atoms with E-state index in [1.807, 2.05) is 11.3 Å². The number of aryl methyl sites for hydroxylation is 1. The van der Waals surface area contributed by atoms with Gasteiger partial charge < -0.3 is 10.2 Å². The summed E-state index contributed by atoms with van der Waals surface area (Å²) in [6.45, 7) is 10.4. The lowest BCUT2D eigenvalue weighted by atomic mass is 10.3. The fourth-order valence-electron chi connectivity index (χ4n) is 2.12. The number of thioether (sulfide) groups is 1. The normalized spacial score (nSPS) is 21.9. The van der Waals surface area contributed by atoms with Crippen LogP contribution in [0.15, 0.2) is 11.4 Å². The van der Waals surface area contributed by atoms with Crippen LogP contribution in [0.3, 0.4) is 0 Å². The van der Waals surface area contributed by atoms with Gasteiger partial charge in [0.05, 0.1) is 0 Å². The van der Waals surface area contributed by atoms with Crippen LogP contribution < -0.4 is 5.32 Å². The Kier molecular flexibility index (Phi) is 5.35. The first-order valence-corrected chi connectivity index (χ1v) is 8.26. The highest BCUT2D eigenvalue weighted by atomic mass is 32.2. The van der Waals surface area contributed by atoms with Crippen molar-refractivity contribution in [2.75, 3.05) is 31.9 Å². The summed E-state index contributed by atoms with van der Waals surface area (Å²) in [7, 11) is 0. The molecular weight excluding hydrogens is 248 g/mol. The summed E-state index contributed by atoms with van der Waals surface area (Å²) in [4.78, 5) is 4.06. The van der Waals surface area contributed by atoms with Crippen LogP contribution in [-0.4, -0.2) is 42.1 Å². The van der Waals surface area contributed by atoms with Gasteiger partial charge >= 0.3 is 0 Å². The predicted molar refractivity (Wildman–Crippen MR) is 79.1 cm³/mol. The maximum absolute atomic E-state index is 3.55. The lowest BCUT2D eigenvalue weighted by molar-refractivity contribution is 0.285. The average molecular weight is 270 g/mol. The van der Waals surface area contributed by atoms with Crippen molar-refractivity contribution < 1.29 is 0 Å². The van der Waals surface area contributed by atoms with Gasteiger partial charge in [0, 0.05) is 48.6 Å². The van der Waals surface area contributed by atoms with Crippen LogP contribution in [0.1, 0.15) is 17.4 Å². The van der Waals surface area contributed by atoms with Gasteiger partial charge in [0.2, 0.25) is 0 Å². The Bertz CT molecular complexity index is 338. The molecule has 1 N–H and O–H groups in total. The monoisotopic (exact) mass is 270 g/mol. The maximum Gasteiger partial charge on any atom is 0.0302 e. The molecule has 1 aliphatic heterocycles. The summed E-state index contributed by atoms with van der Waals surface area (Å²) in [5, 5.41) is 6.54. The van der Waals surface area contributed by atoms with Gasteiger partial charge in [-0.25, -0.2) is 0 Å². The van der Waals surface area contributed by atoms with Crippen molar-refractivity contribution in [1.82, 2.24) is 10.2 Å². The highest BCUT2D eigenvalue weighted by Gasteiger charge is 2.15. The largest absolute Gasteiger partial charge is 0.311 e. The molecule has 1 aromatic rings. The van der Waals surface area contributed by atoms with E-state index in [1.54, 1.807) is 0 Å². The highest BCUT2D eigenvalue weighted by Crippen LogP contribution is 2.17. The SMILES string of the molecule is Cc1ccsc1CNCCN1CCSC(C)C1. The number of hydrogen-bond acceptors (Lipinski definition) is 4. The summed E-state index contributed by atoms with van der Waals surface area (Å²) < 4.78 is 0. The van der Waals surface area contributed by atoms with Gasteiger partial charge in [0.25, 0.3) is 0 Å². The molecule has 0 aliphatic carbocycles. The molecule has 2 nitrogen and oxygen atoms in total. The van der Waals surface area contributed by atoms with Crippen LogP contribution in [0, 0.1) is 6.92 Å². The Hall–Kier alpha value is -0.0300. The summed E-state index contributed by atoms with van der Waals surface area (Å²) in [6.07, 6.45) is 0. The van der Waals surface area contributed by atoms with Gasteiger partial charge in [-0.15, -0.1) is 11.3 Å². The molecule has 0 spiro atoms. The summed E-state index contributed by atoms with van der Waals surface area (Å²) >= 11 is 3.96. The fourth-order valence-corrected chi connectivity index (χ4v) is 4.08. The molecule has 4 heteroatoms. The van der Waals surface area contributed by atoms with E-state index < -0.39 is 0 Å². The zero-order valence-corrected chi connectivity index (χ0v) is 12.4. The number of nitrogens with one attached hydrogen (secondary N) is 1. The van der Waals surface area contributed by atoms with E-state index in [2.05, 4.69) is 47.3 Å². The summed E-state index contributed by atoms with van der Waals surface area (Å²) in [6, 6.07) is 2.20. The van der Waals surface area contributed by atoms with Crippen LogP contribution in [0.2, 0.25) is 0 Å². The third-order valence-electron chi connectivity index (χ3n) is 3.18. The zero-order valence-electron chi connectivity index (χ0n) is 10.7. The molecule has 96 valence electrons. The molecule has 0 radical (unpaired) electrons. The van der Waals surface area contributed by atoms with Gasteiger partial charge in [-0.2, -0.15) is 11.8 Å². The molecule has 0 amide bonds. The molecule has 1 aromatic heterocycles. The summed E-state index contributed by atoms with van der Waals surface area (Å²) in [5.74, 6) is 1.30. The first-order valence-electron chi connectivity index (χ1n) is 6.33. The van der Waals surface area contributed by atoms with Crippen LogP contribution in [0.25, 0.3) is 0 Å². The molecule has 1 aliphatic rings. The standard InChI is InChI=1S/C13H22N2S2/c1-11-3-7-17-13(11)9-14-4-5-15-6-8-16-12(2)10-15/h3,7,12,14H,4-6,8-10H2,1-2H3. The molecular formula is C13H22N2S2. The van der Waals surface area contributed by atoms with Crippen LogP contribution >= 0.6 is 23.1 Å². The second kappa shape index (κ2) is 6.78. The molecule has 0 saturated carbocycles. The van der Waals surface area contributed by atoms with Gasteiger partial charge in [0.15, 0.2) is 0 Å². The molecule has 0 bridgehead atoms. The second-order valence-corrected chi connectivity index (χ2v) is 7.23. The Morgan fingerprint density at radius 3 is 3.12 bits per heavy atom. The van der Waals surface area contributed by atoms with Crippen molar-refractivity contribution in [3.8, 4) is 0 Å². The molecule has 1 fully saturated rings. The predicted octanol–water partition coefficient (Wildman–Crippen LogP) is 2.58. The fraction of sp³-hybridized carbons (Fsp3) is 0.692. The first-order chi connectivity index (χ1) is 8.25. The minimum atomic E-state index is 0.809. The van der Waals surface area contributed by atoms with E-state index >= 15 is 0 Å². The van der Waals surface area contributed by atoms with Crippen molar-refractivity contribution >= 4 is 23.1 Å². The van der Waals surface area contributed by atoms with E-state index in [0.29, 0.717) is 0 Å². The maximum atomic E-state index is 3.55. The molecule has 2 heterocycles. The van der Waals surface area contributed by atoms with Crippen molar-refractivity contribution in [1.29, 1.82) is 0 Å². The average Bonchev–Trinajstić information content (AvgIpc) is 2.71. The van der Waals surface area contributed by atoms with Gasteiger partial charge in [0.1, 0.15) is 0 Å². The molecule has 1 unspecified atom stereocenters. The Morgan fingerprint density at radius 2 is 2.41 bits per heavy atom. The third-order valence-corrected chi connectivity index (χ3v) is 5.34. The van der Waals surface area contributed by atoms with Gasteiger partial charge in [-0.05, 0) is 23.9 Å². The van der Waals surface area contributed by atoms with Gasteiger partial charge in [-0.3, -0.25) is 0 Å². The first kappa shape index (κ1) is 13.4. The minimum absolute atomic E-state index is 0.809. The number of nitrogens with zero attached hydrogens (tertiary/aromatic N) is 1. The molecule has 1 saturated heterocycles. The molecule has 17 heavy (non-hydrogen) atoms. The summed E-state index contributed by atoms with van der Waals surface area (Å²) in [5.41, 5.74) is 1.42. The van der Waals surface area contributed by atoms with Crippen molar-refractivity contribution in [2.24, 2.45) is 0 Å². The van der Waals surface area contributed by atoms with Crippen molar-refractivity contribution in [2.45, 2.75) is 25.6 Å². The topological polar surface area (TPSA) is 15.3 Å². The van der Waals surface area contributed by atoms with E-state index in [1.165, 1.54) is 35.8 Å². The highest BCUT2D eigenvalue weighted by molar-refractivity contribution is 7.99. The molecule has 0 aromatic carbocycles. The number of thiophene rings is 1. The van der Waals surface area contributed by atoms with Crippen LogP contribution in [-0.2, 0) is 6.54 Å². The smallest absolute Gasteiger partial charge is 0.0302 e. The Labute approximate surface area is 113 Å². The lowest BCUT2D eigenvalue weighted by Crippen LogP contribution is -2.40. The zero-order chi connectivity index (χ0) is 12.1.